The predicted octanol–water partition coefficient (Wildman–Crippen LogP) is 2.19. The first kappa shape index (κ1) is 17.7. The number of carboxylic acids is 1. The number of hydrogen-bond acceptors (Lipinski definition) is 6. The highest BCUT2D eigenvalue weighted by Gasteiger charge is 2.21. The molecule has 2 aromatic heterocycles. The molecular formula is C15H17N3O5S. The van der Waals surface area contributed by atoms with E-state index in [4.69, 9.17) is 9.84 Å². The van der Waals surface area contributed by atoms with Gasteiger partial charge in [-0.05, 0) is 19.4 Å². The van der Waals surface area contributed by atoms with Gasteiger partial charge in [0.15, 0.2) is 0 Å². The standard InChI is InChI=1S/C15H17N3O5S/c1-4-10-5-11(15(22)23-3)13(24-10)17-12(19)9-6-16-18(7-9)8(2)14(20)21/h5-8H,4H2,1-3H3,(H,17,19)(H,20,21). The molecular weight excluding hydrogens is 334 g/mol. The molecule has 0 radical (unpaired) electrons. The first-order valence-electron chi connectivity index (χ1n) is 7.16. The molecule has 0 saturated carbocycles. The van der Waals surface area contributed by atoms with Crippen LogP contribution >= 0.6 is 11.3 Å². The summed E-state index contributed by atoms with van der Waals surface area (Å²) in [4.78, 5) is 36.0. The van der Waals surface area contributed by atoms with E-state index in [9.17, 15) is 14.4 Å². The van der Waals surface area contributed by atoms with Crippen LogP contribution in [0.2, 0.25) is 0 Å². The zero-order valence-corrected chi connectivity index (χ0v) is 14.2. The average molecular weight is 351 g/mol. The van der Waals surface area contributed by atoms with E-state index >= 15 is 0 Å². The molecule has 0 spiro atoms. The second-order valence-corrected chi connectivity index (χ2v) is 6.11. The molecule has 0 aliphatic carbocycles. The van der Waals surface area contributed by atoms with Gasteiger partial charge in [-0.15, -0.1) is 11.3 Å². The predicted molar refractivity (Wildman–Crippen MR) is 87.6 cm³/mol. The van der Waals surface area contributed by atoms with Crippen LogP contribution in [0.25, 0.3) is 0 Å². The Balaban J connectivity index is 2.22. The second-order valence-electron chi connectivity index (χ2n) is 4.98. The fourth-order valence-electron chi connectivity index (χ4n) is 1.93. The third-order valence-electron chi connectivity index (χ3n) is 3.38. The highest BCUT2D eigenvalue weighted by molar-refractivity contribution is 7.16. The maximum atomic E-state index is 12.3. The number of hydrogen-bond donors (Lipinski definition) is 2. The lowest BCUT2D eigenvalue weighted by atomic mass is 10.2. The summed E-state index contributed by atoms with van der Waals surface area (Å²) >= 11 is 1.29. The van der Waals surface area contributed by atoms with E-state index < -0.39 is 23.9 Å². The summed E-state index contributed by atoms with van der Waals surface area (Å²) < 4.78 is 5.90. The van der Waals surface area contributed by atoms with Gasteiger partial charge in [-0.2, -0.15) is 5.10 Å². The second kappa shape index (κ2) is 7.26. The van der Waals surface area contributed by atoms with Gasteiger partial charge in [0.2, 0.25) is 0 Å². The van der Waals surface area contributed by atoms with Crippen molar-refractivity contribution >= 4 is 34.2 Å². The molecule has 9 heteroatoms. The van der Waals surface area contributed by atoms with E-state index in [0.717, 1.165) is 11.3 Å². The lowest BCUT2D eigenvalue weighted by Gasteiger charge is -2.05. The minimum Gasteiger partial charge on any atom is -0.480 e. The number of aryl methyl sites for hydroxylation is 1. The molecule has 0 saturated heterocycles. The number of carbonyl (C=O) groups is 3. The van der Waals surface area contributed by atoms with Gasteiger partial charge in [-0.1, -0.05) is 6.92 Å². The van der Waals surface area contributed by atoms with Gasteiger partial charge in [-0.25, -0.2) is 9.59 Å². The first-order valence-corrected chi connectivity index (χ1v) is 7.98. The molecule has 2 heterocycles. The SMILES string of the molecule is CCc1cc(C(=O)OC)c(NC(=O)c2cnn(C(C)C(=O)O)c2)s1. The maximum Gasteiger partial charge on any atom is 0.340 e. The molecule has 0 bridgehead atoms. The van der Waals surface area contributed by atoms with E-state index in [1.807, 2.05) is 6.92 Å². The zero-order chi connectivity index (χ0) is 17.9. The van der Waals surface area contributed by atoms with Crippen LogP contribution in [-0.4, -0.2) is 39.8 Å². The Morgan fingerprint density at radius 1 is 1.46 bits per heavy atom. The number of rotatable bonds is 6. The summed E-state index contributed by atoms with van der Waals surface area (Å²) in [6.45, 7) is 3.40. The topological polar surface area (TPSA) is 111 Å². The van der Waals surface area contributed by atoms with Crippen molar-refractivity contribution in [1.82, 2.24) is 9.78 Å². The lowest BCUT2D eigenvalue weighted by molar-refractivity contribution is -0.140. The van der Waals surface area contributed by atoms with Crippen LogP contribution in [0.5, 0.6) is 0 Å². The summed E-state index contributed by atoms with van der Waals surface area (Å²) in [5.74, 6) is -2.06. The molecule has 1 amide bonds. The number of nitrogens with one attached hydrogen (secondary N) is 1. The Morgan fingerprint density at radius 3 is 2.75 bits per heavy atom. The van der Waals surface area contributed by atoms with Crippen molar-refractivity contribution in [3.8, 4) is 0 Å². The van der Waals surface area contributed by atoms with Crippen molar-refractivity contribution in [2.75, 3.05) is 12.4 Å². The minimum absolute atomic E-state index is 0.199. The molecule has 0 aromatic carbocycles. The molecule has 24 heavy (non-hydrogen) atoms. The highest BCUT2D eigenvalue weighted by Crippen LogP contribution is 2.29. The monoisotopic (exact) mass is 351 g/mol. The van der Waals surface area contributed by atoms with Crippen molar-refractivity contribution < 1.29 is 24.2 Å². The summed E-state index contributed by atoms with van der Waals surface area (Å²) in [6, 6.07) is 0.799. The van der Waals surface area contributed by atoms with Crippen LogP contribution in [0.3, 0.4) is 0 Å². The largest absolute Gasteiger partial charge is 0.480 e. The van der Waals surface area contributed by atoms with Crippen molar-refractivity contribution in [3.05, 3.63) is 34.5 Å². The molecule has 8 nitrogen and oxygen atoms in total. The molecule has 0 aliphatic heterocycles. The molecule has 128 valence electrons. The number of aromatic nitrogens is 2. The molecule has 2 aromatic rings. The fraction of sp³-hybridized carbons (Fsp3) is 0.333. The number of carbonyl (C=O) groups excluding carboxylic acids is 2. The van der Waals surface area contributed by atoms with Gasteiger partial charge in [0.05, 0.1) is 24.4 Å². The third kappa shape index (κ3) is 3.62. The number of amides is 1. The Morgan fingerprint density at radius 2 is 2.17 bits per heavy atom. The highest BCUT2D eigenvalue weighted by atomic mass is 32.1. The normalized spacial score (nSPS) is 11.8. The molecule has 0 aliphatic rings. The number of ether oxygens (including phenoxy) is 1. The van der Waals surface area contributed by atoms with Crippen LogP contribution in [0, 0.1) is 0 Å². The van der Waals surface area contributed by atoms with E-state index in [0.29, 0.717) is 10.6 Å². The van der Waals surface area contributed by atoms with Gasteiger partial charge in [0.1, 0.15) is 11.0 Å². The Hall–Kier alpha value is -2.68. The molecule has 0 fully saturated rings. The van der Waals surface area contributed by atoms with Crippen LogP contribution in [0.1, 0.15) is 45.5 Å². The quantitative estimate of drug-likeness (QED) is 0.772. The van der Waals surface area contributed by atoms with E-state index in [1.165, 1.54) is 42.4 Å². The van der Waals surface area contributed by atoms with Crippen molar-refractivity contribution in [1.29, 1.82) is 0 Å². The number of carboxylic acid groups (broad SMARTS) is 1. The summed E-state index contributed by atoms with van der Waals surface area (Å²) in [5, 5.41) is 15.9. The van der Waals surface area contributed by atoms with E-state index in [1.54, 1.807) is 6.07 Å². The Kier molecular flexibility index (Phi) is 5.35. The lowest BCUT2D eigenvalue weighted by Crippen LogP contribution is -2.16. The van der Waals surface area contributed by atoms with E-state index in [-0.39, 0.29) is 5.56 Å². The van der Waals surface area contributed by atoms with Gasteiger partial charge < -0.3 is 15.2 Å². The molecule has 2 N–H and O–H groups in total. The van der Waals surface area contributed by atoms with Crippen LogP contribution < -0.4 is 5.32 Å². The van der Waals surface area contributed by atoms with Crippen LogP contribution in [0.4, 0.5) is 5.00 Å². The zero-order valence-electron chi connectivity index (χ0n) is 13.4. The van der Waals surface area contributed by atoms with Gasteiger partial charge in [0.25, 0.3) is 5.91 Å². The van der Waals surface area contributed by atoms with Gasteiger partial charge in [0, 0.05) is 11.1 Å². The molecule has 2 rings (SSSR count). The van der Waals surface area contributed by atoms with Crippen LogP contribution in [-0.2, 0) is 16.0 Å². The average Bonchev–Trinajstić information content (AvgIpc) is 3.20. The number of aliphatic carboxylic acids is 1. The number of methoxy groups -OCH3 is 1. The number of thiophene rings is 1. The van der Waals surface area contributed by atoms with E-state index in [2.05, 4.69) is 10.4 Å². The van der Waals surface area contributed by atoms with Crippen LogP contribution in [0.15, 0.2) is 18.5 Å². The van der Waals surface area contributed by atoms with Crippen molar-refractivity contribution in [2.45, 2.75) is 26.3 Å². The van der Waals surface area contributed by atoms with Crippen molar-refractivity contribution in [3.63, 3.8) is 0 Å². The Labute approximate surface area is 142 Å². The van der Waals surface area contributed by atoms with Crippen molar-refractivity contribution in [2.24, 2.45) is 0 Å². The van der Waals surface area contributed by atoms with Gasteiger partial charge in [-0.3, -0.25) is 9.48 Å². The molecule has 1 atom stereocenters. The smallest absolute Gasteiger partial charge is 0.340 e. The number of anilines is 1. The number of nitrogens with zero attached hydrogens (tertiary/aromatic N) is 2. The molecule has 1 unspecified atom stereocenters. The summed E-state index contributed by atoms with van der Waals surface area (Å²) in [7, 11) is 1.27. The van der Waals surface area contributed by atoms with Gasteiger partial charge >= 0.3 is 11.9 Å². The summed E-state index contributed by atoms with van der Waals surface area (Å²) in [6.07, 6.45) is 3.35. The Bertz CT molecular complexity index is 780. The summed E-state index contributed by atoms with van der Waals surface area (Å²) in [5.41, 5.74) is 0.490. The minimum atomic E-state index is -1.05. The number of esters is 1. The first-order chi connectivity index (χ1) is 11.4. The fourth-order valence-corrected chi connectivity index (χ4v) is 2.91. The third-order valence-corrected chi connectivity index (χ3v) is 4.58. The maximum absolute atomic E-state index is 12.3.